The normalized spacial score (nSPS) is 10.7. The first kappa shape index (κ1) is 17.4. The number of carbonyl (C=O) groups is 1. The molecule has 0 spiro atoms. The van der Waals surface area contributed by atoms with Gasteiger partial charge in [0.15, 0.2) is 23.3 Å². The molecule has 2 aromatic heterocycles. The Balaban J connectivity index is 1.86. The van der Waals surface area contributed by atoms with Crippen LogP contribution in [-0.4, -0.2) is 21.0 Å². The first-order valence-corrected chi connectivity index (χ1v) is 7.34. The third-order valence-corrected chi connectivity index (χ3v) is 3.24. The van der Waals surface area contributed by atoms with Crippen molar-refractivity contribution < 1.29 is 22.5 Å². The Hall–Kier alpha value is -3.43. The fraction of sp³-hybridized carbons (Fsp3) is 0.125. The van der Waals surface area contributed by atoms with Crippen molar-refractivity contribution in [3.05, 3.63) is 58.9 Å². The summed E-state index contributed by atoms with van der Waals surface area (Å²) in [5.74, 6) is -4.41. The Morgan fingerprint density at radius 2 is 1.85 bits per heavy atom. The number of aryl methyl sites for hydroxylation is 2. The Morgan fingerprint density at radius 3 is 2.54 bits per heavy atom. The lowest BCUT2D eigenvalue weighted by Crippen LogP contribution is -2.16. The highest BCUT2D eigenvalue weighted by Gasteiger charge is 2.16. The smallest absolute Gasteiger partial charge is 0.275 e. The molecular weight excluding hydrogens is 351 g/mol. The summed E-state index contributed by atoms with van der Waals surface area (Å²) in [6, 6.07) is 4.67. The van der Waals surface area contributed by atoms with E-state index in [1.807, 2.05) is 0 Å². The molecule has 10 heteroatoms. The highest BCUT2D eigenvalue weighted by Crippen LogP contribution is 2.22. The molecule has 1 aromatic carbocycles. The number of carbonyl (C=O) groups excluding carboxylic acids is 1. The van der Waals surface area contributed by atoms with E-state index in [1.54, 1.807) is 13.8 Å². The molecule has 7 nitrogen and oxygen atoms in total. The standard InChI is InChI=1S/C16H12F3N5O2/c1-7-5-11(15(25)23-12-6-8(2)26-24-12)22-16(20-7)21-10-4-3-9(17)13(18)14(10)19/h3-6H,1-2H3,(H,20,21,22)(H,23,24,25). The molecule has 0 aliphatic rings. The molecule has 0 aliphatic carbocycles. The molecule has 3 rings (SSSR count). The van der Waals surface area contributed by atoms with Crippen LogP contribution in [0.3, 0.4) is 0 Å². The molecule has 134 valence electrons. The number of anilines is 3. The second-order valence-corrected chi connectivity index (χ2v) is 5.34. The van der Waals surface area contributed by atoms with Crippen molar-refractivity contribution in [2.24, 2.45) is 0 Å². The van der Waals surface area contributed by atoms with E-state index in [1.165, 1.54) is 12.1 Å². The molecule has 2 heterocycles. The maximum atomic E-state index is 13.8. The molecule has 0 saturated heterocycles. The minimum Gasteiger partial charge on any atom is -0.360 e. The summed E-state index contributed by atoms with van der Waals surface area (Å²) >= 11 is 0. The summed E-state index contributed by atoms with van der Waals surface area (Å²) in [5.41, 5.74) is -0.0106. The minimum atomic E-state index is -1.62. The van der Waals surface area contributed by atoms with Crippen molar-refractivity contribution in [3.63, 3.8) is 0 Å². The summed E-state index contributed by atoms with van der Waals surface area (Å²) in [6.07, 6.45) is 0. The van der Waals surface area contributed by atoms with Crippen LogP contribution in [-0.2, 0) is 0 Å². The monoisotopic (exact) mass is 363 g/mol. The van der Waals surface area contributed by atoms with Crippen molar-refractivity contribution in [3.8, 4) is 0 Å². The zero-order valence-corrected chi connectivity index (χ0v) is 13.6. The van der Waals surface area contributed by atoms with E-state index in [0.29, 0.717) is 11.5 Å². The van der Waals surface area contributed by atoms with Gasteiger partial charge in [0.2, 0.25) is 5.95 Å². The number of aromatic nitrogens is 3. The van der Waals surface area contributed by atoms with Crippen LogP contribution in [0.1, 0.15) is 21.9 Å². The highest BCUT2D eigenvalue weighted by atomic mass is 19.2. The van der Waals surface area contributed by atoms with Gasteiger partial charge in [-0.15, -0.1) is 0 Å². The van der Waals surface area contributed by atoms with E-state index in [4.69, 9.17) is 4.52 Å². The van der Waals surface area contributed by atoms with Crippen LogP contribution in [0.2, 0.25) is 0 Å². The molecule has 3 aromatic rings. The zero-order chi connectivity index (χ0) is 18.8. The van der Waals surface area contributed by atoms with Gasteiger partial charge in [-0.05, 0) is 32.0 Å². The maximum Gasteiger partial charge on any atom is 0.275 e. The molecule has 0 aliphatic heterocycles. The van der Waals surface area contributed by atoms with Gasteiger partial charge in [-0.2, -0.15) is 0 Å². The second-order valence-electron chi connectivity index (χ2n) is 5.34. The van der Waals surface area contributed by atoms with E-state index in [0.717, 1.165) is 12.1 Å². The largest absolute Gasteiger partial charge is 0.360 e. The van der Waals surface area contributed by atoms with Gasteiger partial charge in [0.05, 0.1) is 5.69 Å². The van der Waals surface area contributed by atoms with Crippen LogP contribution in [0.25, 0.3) is 0 Å². The van der Waals surface area contributed by atoms with Gasteiger partial charge >= 0.3 is 0 Å². The molecule has 0 bridgehead atoms. The predicted molar refractivity (Wildman–Crippen MR) is 85.6 cm³/mol. The third-order valence-electron chi connectivity index (χ3n) is 3.24. The van der Waals surface area contributed by atoms with Gasteiger partial charge in [-0.25, -0.2) is 23.1 Å². The number of amides is 1. The van der Waals surface area contributed by atoms with Crippen molar-refractivity contribution in [1.29, 1.82) is 0 Å². The SMILES string of the molecule is Cc1cc(C(=O)Nc2cc(C)on2)nc(Nc2ccc(F)c(F)c2F)n1. The van der Waals surface area contributed by atoms with Gasteiger partial charge < -0.3 is 15.2 Å². The first-order valence-electron chi connectivity index (χ1n) is 7.34. The summed E-state index contributed by atoms with van der Waals surface area (Å²) in [6.45, 7) is 3.25. The van der Waals surface area contributed by atoms with Crippen molar-refractivity contribution in [1.82, 2.24) is 15.1 Å². The van der Waals surface area contributed by atoms with E-state index in [2.05, 4.69) is 25.8 Å². The predicted octanol–water partition coefficient (Wildman–Crippen LogP) is 3.49. The van der Waals surface area contributed by atoms with Gasteiger partial charge in [0.25, 0.3) is 5.91 Å². The molecule has 0 fully saturated rings. The fourth-order valence-corrected chi connectivity index (χ4v) is 2.09. The topological polar surface area (TPSA) is 92.9 Å². The lowest BCUT2D eigenvalue weighted by Gasteiger charge is -2.09. The van der Waals surface area contributed by atoms with Crippen LogP contribution < -0.4 is 10.6 Å². The maximum absolute atomic E-state index is 13.8. The second kappa shape index (κ2) is 6.82. The molecule has 26 heavy (non-hydrogen) atoms. The van der Waals surface area contributed by atoms with Gasteiger partial charge in [-0.3, -0.25) is 4.79 Å². The average molecular weight is 363 g/mol. The van der Waals surface area contributed by atoms with Gasteiger partial charge in [0, 0.05) is 11.8 Å². The Kier molecular flexibility index (Phi) is 4.57. The van der Waals surface area contributed by atoms with Crippen molar-refractivity contribution in [2.45, 2.75) is 13.8 Å². The van der Waals surface area contributed by atoms with E-state index in [9.17, 15) is 18.0 Å². The fourth-order valence-electron chi connectivity index (χ4n) is 2.09. The molecule has 0 unspecified atom stereocenters. The lowest BCUT2D eigenvalue weighted by molar-refractivity contribution is 0.102. The van der Waals surface area contributed by atoms with Crippen LogP contribution >= 0.6 is 0 Å². The number of hydrogen-bond donors (Lipinski definition) is 2. The van der Waals surface area contributed by atoms with Gasteiger partial charge in [-0.1, -0.05) is 5.16 Å². The van der Waals surface area contributed by atoms with Gasteiger partial charge in [0.1, 0.15) is 11.5 Å². The average Bonchev–Trinajstić information content (AvgIpc) is 3.00. The Bertz CT molecular complexity index is 990. The van der Waals surface area contributed by atoms with E-state index in [-0.39, 0.29) is 23.1 Å². The molecule has 0 atom stereocenters. The number of nitrogens with one attached hydrogen (secondary N) is 2. The Labute approximate surface area is 145 Å². The molecule has 0 radical (unpaired) electrons. The minimum absolute atomic E-state index is 0.0383. The van der Waals surface area contributed by atoms with Crippen LogP contribution in [0.4, 0.5) is 30.6 Å². The molecule has 1 amide bonds. The summed E-state index contributed by atoms with van der Waals surface area (Å²) in [5, 5.41) is 8.54. The number of hydrogen-bond acceptors (Lipinski definition) is 6. The van der Waals surface area contributed by atoms with Crippen LogP contribution in [0.15, 0.2) is 28.8 Å². The zero-order valence-electron chi connectivity index (χ0n) is 13.6. The molecule has 0 saturated carbocycles. The van der Waals surface area contributed by atoms with Crippen molar-refractivity contribution in [2.75, 3.05) is 10.6 Å². The van der Waals surface area contributed by atoms with E-state index >= 15 is 0 Å². The summed E-state index contributed by atoms with van der Waals surface area (Å²) in [7, 11) is 0. The molecular formula is C16H12F3N5O2. The summed E-state index contributed by atoms with van der Waals surface area (Å²) < 4.78 is 44.9. The number of rotatable bonds is 4. The number of benzene rings is 1. The van der Waals surface area contributed by atoms with E-state index < -0.39 is 23.4 Å². The quantitative estimate of drug-likeness (QED) is 0.689. The third kappa shape index (κ3) is 3.63. The lowest BCUT2D eigenvalue weighted by atomic mass is 10.3. The first-order chi connectivity index (χ1) is 12.3. The highest BCUT2D eigenvalue weighted by molar-refractivity contribution is 6.02. The molecule has 2 N–H and O–H groups in total. The Morgan fingerprint density at radius 1 is 1.08 bits per heavy atom. The van der Waals surface area contributed by atoms with Crippen LogP contribution in [0, 0.1) is 31.3 Å². The number of halogens is 3. The van der Waals surface area contributed by atoms with Crippen molar-refractivity contribution >= 4 is 23.4 Å². The number of nitrogens with zero attached hydrogens (tertiary/aromatic N) is 3. The van der Waals surface area contributed by atoms with Crippen LogP contribution in [0.5, 0.6) is 0 Å². The summed E-state index contributed by atoms with van der Waals surface area (Å²) in [4.78, 5) is 20.2.